The van der Waals surface area contributed by atoms with Gasteiger partial charge < -0.3 is 35.8 Å². The summed E-state index contributed by atoms with van der Waals surface area (Å²) >= 11 is 0. The number of carbonyl (C=O) groups is 7. The molecular formula is C34H56N6O8. The number of allylic oxidation sites excluding steroid dienone is 3. The van der Waals surface area contributed by atoms with Crippen LogP contribution >= 0.6 is 0 Å². The van der Waals surface area contributed by atoms with E-state index in [0.717, 1.165) is 19.3 Å². The second-order valence-corrected chi connectivity index (χ2v) is 13.3. The number of likely N-dealkylation sites (N-methyl/N-ethyl adjacent to an activating group) is 2. The molecule has 0 heterocycles. The largest absolute Gasteiger partial charge is 0.444 e. The first kappa shape index (κ1) is 41.8. The molecule has 0 aromatic carbocycles. The van der Waals surface area contributed by atoms with Crippen LogP contribution in [0.5, 0.6) is 0 Å². The Balaban J connectivity index is 2.59. The fourth-order valence-electron chi connectivity index (χ4n) is 4.43. The molecule has 1 rings (SSSR count). The minimum absolute atomic E-state index is 0.0822. The van der Waals surface area contributed by atoms with Gasteiger partial charge in [-0.25, -0.2) is 4.79 Å². The lowest BCUT2D eigenvalue weighted by molar-refractivity contribution is -0.141. The number of carbonyl (C=O) groups excluding carboxylic acids is 7. The van der Waals surface area contributed by atoms with Gasteiger partial charge in [0, 0.05) is 40.0 Å². The smallest absolute Gasteiger partial charge is 0.408 e. The highest BCUT2D eigenvalue weighted by Crippen LogP contribution is 2.33. The molecule has 1 fully saturated rings. The molecule has 14 heteroatoms. The van der Waals surface area contributed by atoms with Gasteiger partial charge in [0.15, 0.2) is 0 Å². The van der Waals surface area contributed by atoms with E-state index in [9.17, 15) is 33.6 Å². The molecule has 3 atom stereocenters. The van der Waals surface area contributed by atoms with E-state index in [4.69, 9.17) is 4.74 Å². The van der Waals surface area contributed by atoms with Crippen molar-refractivity contribution in [3.8, 4) is 0 Å². The molecule has 14 nitrogen and oxygen atoms in total. The summed E-state index contributed by atoms with van der Waals surface area (Å²) in [5.41, 5.74) is -0.678. The Bertz CT molecular complexity index is 1190. The van der Waals surface area contributed by atoms with Crippen molar-refractivity contribution in [1.29, 1.82) is 0 Å². The summed E-state index contributed by atoms with van der Waals surface area (Å²) in [6.45, 7) is 8.57. The van der Waals surface area contributed by atoms with Gasteiger partial charge in [0.05, 0.1) is 12.6 Å². The van der Waals surface area contributed by atoms with Gasteiger partial charge in [0.1, 0.15) is 18.2 Å². The van der Waals surface area contributed by atoms with Crippen LogP contribution < -0.4 is 21.3 Å². The predicted molar refractivity (Wildman–Crippen MR) is 181 cm³/mol. The Morgan fingerprint density at radius 2 is 1.56 bits per heavy atom. The topological polar surface area (TPSA) is 183 Å². The van der Waals surface area contributed by atoms with E-state index in [0.29, 0.717) is 25.8 Å². The monoisotopic (exact) mass is 676 g/mol. The van der Waals surface area contributed by atoms with Gasteiger partial charge in [-0.3, -0.25) is 28.8 Å². The molecule has 0 radical (unpaired) electrons. The van der Waals surface area contributed by atoms with E-state index >= 15 is 0 Å². The molecule has 1 aliphatic rings. The number of nitrogens with zero attached hydrogens (tertiary/aromatic N) is 2. The van der Waals surface area contributed by atoms with Crippen LogP contribution in [0.25, 0.3) is 0 Å². The van der Waals surface area contributed by atoms with Gasteiger partial charge in [-0.05, 0) is 52.4 Å². The van der Waals surface area contributed by atoms with Gasteiger partial charge in [-0.15, -0.1) is 0 Å². The molecular weight excluding hydrogens is 620 g/mol. The van der Waals surface area contributed by atoms with E-state index < -0.39 is 53.8 Å². The Labute approximate surface area is 284 Å². The van der Waals surface area contributed by atoms with Crippen molar-refractivity contribution >= 4 is 41.4 Å². The number of amides is 6. The fourth-order valence-corrected chi connectivity index (χ4v) is 4.43. The first-order valence-electron chi connectivity index (χ1n) is 16.6. The third kappa shape index (κ3) is 17.6. The molecule has 0 aliphatic heterocycles. The van der Waals surface area contributed by atoms with E-state index in [1.807, 2.05) is 19.1 Å². The minimum atomic E-state index is -1.03. The first-order chi connectivity index (χ1) is 22.4. The van der Waals surface area contributed by atoms with Crippen LogP contribution in [0.15, 0.2) is 24.3 Å². The maximum Gasteiger partial charge on any atom is 0.408 e. The molecule has 1 saturated carbocycles. The van der Waals surface area contributed by atoms with E-state index in [1.54, 1.807) is 61.0 Å². The van der Waals surface area contributed by atoms with Crippen LogP contribution in [-0.4, -0.2) is 110 Å². The zero-order valence-corrected chi connectivity index (χ0v) is 29.9. The molecule has 4 N–H and O–H groups in total. The van der Waals surface area contributed by atoms with Crippen LogP contribution in [0.3, 0.4) is 0 Å². The van der Waals surface area contributed by atoms with Crippen molar-refractivity contribution in [3.63, 3.8) is 0 Å². The Kier molecular flexibility index (Phi) is 18.2. The first-order valence-corrected chi connectivity index (χ1v) is 16.6. The van der Waals surface area contributed by atoms with Crippen molar-refractivity contribution in [3.05, 3.63) is 24.3 Å². The number of hydrogen-bond donors (Lipinski definition) is 4. The van der Waals surface area contributed by atoms with Crippen LogP contribution in [0, 0.1) is 11.8 Å². The average Bonchev–Trinajstić information content (AvgIpc) is 3.83. The summed E-state index contributed by atoms with van der Waals surface area (Å²) in [4.78, 5) is 90.7. The molecule has 0 bridgehead atoms. The van der Waals surface area contributed by atoms with Crippen LogP contribution in [0.4, 0.5) is 4.79 Å². The molecule has 1 aliphatic carbocycles. The van der Waals surface area contributed by atoms with E-state index in [1.165, 1.54) is 9.80 Å². The summed E-state index contributed by atoms with van der Waals surface area (Å²) in [5, 5.41) is 10.1. The second-order valence-electron chi connectivity index (χ2n) is 13.3. The molecule has 6 amide bonds. The van der Waals surface area contributed by atoms with Crippen LogP contribution in [0.2, 0.25) is 0 Å². The van der Waals surface area contributed by atoms with Crippen molar-refractivity contribution in [2.45, 2.75) is 97.2 Å². The molecule has 0 spiro atoms. The number of Topliss-reactive ketones (excluding diaryl/α,β-unsaturated/α-hetero) is 1. The highest BCUT2D eigenvalue weighted by Gasteiger charge is 2.34. The third-order valence-electron chi connectivity index (χ3n) is 7.35. The standard InChI is InChI=1S/C34H56N6O8/c1-9-10-11-12-15-23(2)29(32(46)39(6)7)38-27(42)21-35-31(45)30(44)25(20-24-17-18-24)37-26(41)16-13-14-19-40(8)28(43)22-36-33(47)48-34(3,4)5/h10-12,15,23-25,29H,9,13-14,16-22H2,1-8H3,(H,35,45)(H,36,47)(H,37,41)(H,38,42)/b11-10-,15-12-. The third-order valence-corrected chi connectivity index (χ3v) is 7.35. The maximum absolute atomic E-state index is 13.0. The Morgan fingerprint density at radius 1 is 0.896 bits per heavy atom. The predicted octanol–water partition coefficient (Wildman–Crippen LogP) is 1.84. The normalized spacial score (nSPS) is 14.8. The van der Waals surface area contributed by atoms with Gasteiger partial charge >= 0.3 is 6.09 Å². The van der Waals surface area contributed by atoms with Gasteiger partial charge in [-0.1, -0.05) is 51.0 Å². The van der Waals surface area contributed by atoms with Crippen LogP contribution in [-0.2, 0) is 33.5 Å². The van der Waals surface area contributed by atoms with Crippen LogP contribution in [0.1, 0.15) is 79.6 Å². The van der Waals surface area contributed by atoms with Crippen molar-refractivity contribution < 1.29 is 38.3 Å². The zero-order valence-electron chi connectivity index (χ0n) is 29.9. The summed E-state index contributed by atoms with van der Waals surface area (Å²) in [7, 11) is 4.75. The number of nitrogens with one attached hydrogen (secondary N) is 4. The number of ether oxygens (including phenoxy) is 1. The number of hydrogen-bond acceptors (Lipinski definition) is 8. The summed E-state index contributed by atoms with van der Waals surface area (Å²) < 4.78 is 5.11. The van der Waals surface area contributed by atoms with Gasteiger partial charge in [0.2, 0.25) is 29.4 Å². The number of ketones is 1. The summed E-state index contributed by atoms with van der Waals surface area (Å²) in [6, 6.07) is -1.90. The molecule has 270 valence electrons. The molecule has 0 aromatic rings. The molecule has 3 unspecified atom stereocenters. The number of alkyl carbamates (subject to hydrolysis) is 1. The Morgan fingerprint density at radius 3 is 2.15 bits per heavy atom. The number of rotatable bonds is 20. The fraction of sp³-hybridized carbons (Fsp3) is 0.676. The lowest BCUT2D eigenvalue weighted by atomic mass is 9.99. The summed E-state index contributed by atoms with van der Waals surface area (Å²) in [5.74, 6) is -3.62. The van der Waals surface area contributed by atoms with E-state index in [-0.39, 0.29) is 36.6 Å². The highest BCUT2D eigenvalue weighted by atomic mass is 16.6. The number of unbranched alkanes of at least 4 members (excludes halogenated alkanes) is 1. The molecule has 48 heavy (non-hydrogen) atoms. The average molecular weight is 677 g/mol. The Hall–Kier alpha value is -4.23. The molecule has 0 saturated heterocycles. The SMILES string of the molecule is CC/C=C\C=C/C(C)C(NC(=O)CNC(=O)C(=O)C(CC1CC1)NC(=O)CCCCN(C)C(=O)CNC(=O)OC(C)(C)C)C(=O)N(C)C. The lowest BCUT2D eigenvalue weighted by Gasteiger charge is -2.25. The highest BCUT2D eigenvalue weighted by molar-refractivity contribution is 6.38. The lowest BCUT2D eigenvalue weighted by Crippen LogP contribution is -2.53. The maximum atomic E-state index is 13.0. The zero-order chi connectivity index (χ0) is 36.4. The van der Waals surface area contributed by atoms with Crippen molar-refractivity contribution in [2.24, 2.45) is 11.8 Å². The minimum Gasteiger partial charge on any atom is -0.444 e. The molecule has 0 aromatic heterocycles. The van der Waals surface area contributed by atoms with E-state index in [2.05, 4.69) is 21.3 Å². The van der Waals surface area contributed by atoms with Gasteiger partial charge in [-0.2, -0.15) is 0 Å². The van der Waals surface area contributed by atoms with Crippen molar-refractivity contribution in [1.82, 2.24) is 31.1 Å². The van der Waals surface area contributed by atoms with Gasteiger partial charge in [0.25, 0.3) is 5.91 Å². The summed E-state index contributed by atoms with van der Waals surface area (Å²) in [6.07, 6.45) is 10.7. The van der Waals surface area contributed by atoms with Crippen molar-refractivity contribution in [2.75, 3.05) is 40.8 Å². The quantitative estimate of drug-likeness (QED) is 0.0856. The second kappa shape index (κ2) is 20.9.